The van der Waals surface area contributed by atoms with Crippen LogP contribution in [0.3, 0.4) is 0 Å². The highest BCUT2D eigenvalue weighted by atomic mass is 32.2. The van der Waals surface area contributed by atoms with Gasteiger partial charge in [0.15, 0.2) is 5.58 Å². The van der Waals surface area contributed by atoms with E-state index in [2.05, 4.69) is 10.3 Å². The van der Waals surface area contributed by atoms with Crippen LogP contribution in [0.4, 0.5) is 0 Å². The molecule has 1 saturated heterocycles. The lowest BCUT2D eigenvalue weighted by Crippen LogP contribution is -2.42. The average Bonchev–Trinajstić information content (AvgIpc) is 2.94. The molecular formula is C15H19N3O5S. The van der Waals surface area contributed by atoms with Crippen molar-refractivity contribution in [2.24, 2.45) is 5.92 Å². The summed E-state index contributed by atoms with van der Waals surface area (Å²) in [6.45, 7) is 3.00. The third-order valence-electron chi connectivity index (χ3n) is 4.21. The number of sulfonamides is 1. The largest absolute Gasteiger partial charge is 0.417 e. The predicted octanol–water partition coefficient (Wildman–Crippen LogP) is 0.658. The first-order chi connectivity index (χ1) is 11.4. The van der Waals surface area contributed by atoms with Gasteiger partial charge < -0.3 is 9.73 Å². The van der Waals surface area contributed by atoms with Crippen molar-refractivity contribution in [1.82, 2.24) is 14.6 Å². The second-order valence-electron chi connectivity index (χ2n) is 5.75. The van der Waals surface area contributed by atoms with Gasteiger partial charge in [-0.25, -0.2) is 13.2 Å². The lowest BCUT2D eigenvalue weighted by molar-refractivity contribution is -0.126. The van der Waals surface area contributed by atoms with E-state index in [-0.39, 0.29) is 22.3 Å². The molecule has 0 spiro atoms. The van der Waals surface area contributed by atoms with Crippen LogP contribution in [-0.4, -0.2) is 43.2 Å². The Bertz CT molecular complexity index is 907. The van der Waals surface area contributed by atoms with Gasteiger partial charge in [0.25, 0.3) is 0 Å². The summed E-state index contributed by atoms with van der Waals surface area (Å²) < 4.78 is 31.8. The molecule has 2 aromatic rings. The predicted molar refractivity (Wildman–Crippen MR) is 87.0 cm³/mol. The maximum absolute atomic E-state index is 12.7. The second kappa shape index (κ2) is 6.40. The van der Waals surface area contributed by atoms with Crippen LogP contribution in [0.15, 0.2) is 32.3 Å². The van der Waals surface area contributed by atoms with Crippen LogP contribution in [0.1, 0.15) is 19.8 Å². The van der Waals surface area contributed by atoms with E-state index >= 15 is 0 Å². The number of hydrogen-bond donors (Lipinski definition) is 2. The molecular weight excluding hydrogens is 334 g/mol. The van der Waals surface area contributed by atoms with E-state index in [0.717, 1.165) is 0 Å². The normalized spacial score (nSPS) is 17.2. The molecule has 130 valence electrons. The number of H-pyrrole nitrogens is 1. The molecule has 2 N–H and O–H groups in total. The van der Waals surface area contributed by atoms with Crippen molar-refractivity contribution < 1.29 is 17.6 Å². The number of carbonyl (C=O) groups excluding carboxylic acids is 1. The molecule has 1 aromatic heterocycles. The maximum atomic E-state index is 12.7. The van der Waals surface area contributed by atoms with Gasteiger partial charge in [-0.2, -0.15) is 4.31 Å². The number of amides is 1. The molecule has 1 amide bonds. The summed E-state index contributed by atoms with van der Waals surface area (Å²) in [6, 6.07) is 4.30. The lowest BCUT2D eigenvalue weighted by atomic mass is 9.97. The summed E-state index contributed by atoms with van der Waals surface area (Å²) in [5.74, 6) is -0.797. The van der Waals surface area contributed by atoms with Gasteiger partial charge in [0.05, 0.1) is 10.4 Å². The SMILES string of the molecule is CCNC(=O)C1CCN(S(=O)(=O)c2ccc3[nH]c(=O)oc3c2)CC1. The third kappa shape index (κ3) is 3.09. The number of aromatic amines is 1. The quantitative estimate of drug-likeness (QED) is 0.838. The highest BCUT2D eigenvalue weighted by Crippen LogP contribution is 2.25. The molecule has 9 heteroatoms. The molecule has 0 radical (unpaired) electrons. The number of rotatable bonds is 4. The van der Waals surface area contributed by atoms with Crippen molar-refractivity contribution >= 4 is 27.0 Å². The Morgan fingerprint density at radius 1 is 1.38 bits per heavy atom. The van der Waals surface area contributed by atoms with Crippen LogP contribution in [0.25, 0.3) is 11.1 Å². The minimum absolute atomic E-state index is 0.0231. The number of oxazole rings is 1. The number of aromatic nitrogens is 1. The molecule has 8 nitrogen and oxygen atoms in total. The topological polar surface area (TPSA) is 112 Å². The average molecular weight is 353 g/mol. The first kappa shape index (κ1) is 16.7. The Kier molecular flexibility index (Phi) is 4.46. The van der Waals surface area contributed by atoms with Crippen molar-refractivity contribution in [1.29, 1.82) is 0 Å². The van der Waals surface area contributed by atoms with E-state index in [1.165, 1.54) is 22.5 Å². The maximum Gasteiger partial charge on any atom is 0.417 e. The van der Waals surface area contributed by atoms with Crippen molar-refractivity contribution in [3.05, 3.63) is 28.7 Å². The van der Waals surface area contributed by atoms with E-state index in [1.54, 1.807) is 0 Å². The molecule has 1 aromatic carbocycles. The molecule has 0 aliphatic carbocycles. The van der Waals surface area contributed by atoms with Crippen LogP contribution < -0.4 is 11.1 Å². The summed E-state index contributed by atoms with van der Waals surface area (Å²) in [4.78, 5) is 25.6. The van der Waals surface area contributed by atoms with E-state index in [1.807, 2.05) is 6.92 Å². The molecule has 1 aliphatic rings. The molecule has 1 fully saturated rings. The molecule has 3 rings (SSSR count). The summed E-state index contributed by atoms with van der Waals surface area (Å²) in [7, 11) is -3.68. The summed E-state index contributed by atoms with van der Waals surface area (Å²) in [5.41, 5.74) is 0.659. The summed E-state index contributed by atoms with van der Waals surface area (Å²) >= 11 is 0. The Morgan fingerprint density at radius 3 is 2.75 bits per heavy atom. The molecule has 0 bridgehead atoms. The molecule has 0 saturated carbocycles. The van der Waals surface area contributed by atoms with Gasteiger partial charge in [-0.05, 0) is 31.9 Å². The number of fused-ring (bicyclic) bond motifs is 1. The number of carbonyl (C=O) groups is 1. The number of hydrogen-bond acceptors (Lipinski definition) is 5. The number of benzene rings is 1. The fourth-order valence-electron chi connectivity index (χ4n) is 2.91. The second-order valence-corrected chi connectivity index (χ2v) is 7.68. The minimum atomic E-state index is -3.68. The smallest absolute Gasteiger partial charge is 0.408 e. The Hall–Kier alpha value is -2.13. The van der Waals surface area contributed by atoms with Gasteiger partial charge in [-0.15, -0.1) is 0 Å². The zero-order valence-corrected chi connectivity index (χ0v) is 14.1. The van der Waals surface area contributed by atoms with Crippen LogP contribution in [0.5, 0.6) is 0 Å². The monoisotopic (exact) mass is 353 g/mol. The van der Waals surface area contributed by atoms with Crippen molar-refractivity contribution in [2.75, 3.05) is 19.6 Å². The van der Waals surface area contributed by atoms with Crippen molar-refractivity contribution in [3.8, 4) is 0 Å². The fraction of sp³-hybridized carbons (Fsp3) is 0.467. The number of piperidine rings is 1. The molecule has 0 unspecified atom stereocenters. The number of nitrogens with one attached hydrogen (secondary N) is 2. The van der Waals surface area contributed by atoms with Crippen LogP contribution in [0.2, 0.25) is 0 Å². The Morgan fingerprint density at radius 2 is 2.08 bits per heavy atom. The van der Waals surface area contributed by atoms with Gasteiger partial charge in [0, 0.05) is 31.6 Å². The molecule has 1 aliphatic heterocycles. The molecule has 0 atom stereocenters. The highest BCUT2D eigenvalue weighted by molar-refractivity contribution is 7.89. The Labute approximate surface area is 138 Å². The standard InChI is InChI=1S/C15H19N3O5S/c1-2-16-14(19)10-5-7-18(8-6-10)24(21,22)11-3-4-12-13(9-11)23-15(20)17-12/h3-4,9-10H,2,5-8H2,1H3,(H,16,19)(H,17,20). The van der Waals surface area contributed by atoms with E-state index in [4.69, 9.17) is 4.42 Å². The summed E-state index contributed by atoms with van der Waals surface area (Å²) in [5, 5.41) is 2.77. The Balaban J connectivity index is 1.78. The van der Waals surface area contributed by atoms with Gasteiger partial charge in [-0.3, -0.25) is 9.78 Å². The van der Waals surface area contributed by atoms with Gasteiger partial charge in [0.1, 0.15) is 0 Å². The molecule has 2 heterocycles. The van der Waals surface area contributed by atoms with Crippen LogP contribution in [-0.2, 0) is 14.8 Å². The van der Waals surface area contributed by atoms with Crippen molar-refractivity contribution in [3.63, 3.8) is 0 Å². The molecule has 24 heavy (non-hydrogen) atoms. The van der Waals surface area contributed by atoms with Gasteiger partial charge in [0.2, 0.25) is 15.9 Å². The zero-order chi connectivity index (χ0) is 17.3. The summed E-state index contributed by atoms with van der Waals surface area (Å²) in [6.07, 6.45) is 0.985. The third-order valence-corrected chi connectivity index (χ3v) is 6.10. The highest BCUT2D eigenvalue weighted by Gasteiger charge is 2.32. The van der Waals surface area contributed by atoms with E-state index in [0.29, 0.717) is 38.0 Å². The zero-order valence-electron chi connectivity index (χ0n) is 13.2. The number of nitrogens with zero attached hydrogens (tertiary/aromatic N) is 1. The van der Waals surface area contributed by atoms with Crippen LogP contribution >= 0.6 is 0 Å². The van der Waals surface area contributed by atoms with Gasteiger partial charge in [-0.1, -0.05) is 0 Å². The van der Waals surface area contributed by atoms with Gasteiger partial charge >= 0.3 is 5.76 Å². The lowest BCUT2D eigenvalue weighted by Gasteiger charge is -2.30. The van der Waals surface area contributed by atoms with E-state index < -0.39 is 15.8 Å². The first-order valence-electron chi connectivity index (χ1n) is 7.82. The van der Waals surface area contributed by atoms with Crippen molar-refractivity contribution in [2.45, 2.75) is 24.7 Å². The fourth-order valence-corrected chi connectivity index (χ4v) is 4.40. The van der Waals surface area contributed by atoms with Crippen LogP contribution in [0, 0.1) is 5.92 Å². The first-order valence-corrected chi connectivity index (χ1v) is 9.26. The minimum Gasteiger partial charge on any atom is -0.408 e. The van der Waals surface area contributed by atoms with E-state index in [9.17, 15) is 18.0 Å².